The van der Waals surface area contributed by atoms with Gasteiger partial charge in [0.2, 0.25) is 0 Å². The molecule has 0 aromatic heterocycles. The molecular weight excluding hydrogens is 486 g/mol. The van der Waals surface area contributed by atoms with Crippen LogP contribution in [-0.2, 0) is 32.6 Å². The van der Waals surface area contributed by atoms with Crippen LogP contribution >= 0.6 is 7.82 Å². The molecule has 0 saturated carbocycles. The molecular formula is C29H45AlO5P. The maximum atomic E-state index is 12.0. The fourth-order valence-corrected chi connectivity index (χ4v) is 4.53. The van der Waals surface area contributed by atoms with Crippen molar-refractivity contribution in [1.29, 1.82) is 0 Å². The van der Waals surface area contributed by atoms with Gasteiger partial charge in [0.05, 0.1) is 0 Å². The second-order valence-corrected chi connectivity index (χ2v) is 15.0. The summed E-state index contributed by atoms with van der Waals surface area (Å²) in [5.74, 6) is 0.405. The number of phenols is 1. The minimum atomic E-state index is -4.82. The van der Waals surface area contributed by atoms with Crippen LogP contribution in [-0.4, -0.2) is 32.3 Å². The normalized spacial score (nSPS) is 13.4. The zero-order valence-corrected chi connectivity index (χ0v) is 26.2. The number of hydrogen-bond acceptors (Lipinski definition) is 3. The number of phenolic OH excluding ortho intramolecular Hbond substituents is 1. The third-order valence-electron chi connectivity index (χ3n) is 6.29. The van der Waals surface area contributed by atoms with Crippen molar-refractivity contribution < 1.29 is 24.0 Å². The zero-order chi connectivity index (χ0) is 27.4. The molecule has 0 fully saturated rings. The molecule has 7 heteroatoms. The van der Waals surface area contributed by atoms with Crippen LogP contribution in [0.2, 0.25) is 0 Å². The lowest BCUT2D eigenvalue weighted by Crippen LogP contribution is -2.20. The van der Waals surface area contributed by atoms with E-state index in [4.69, 9.17) is 4.52 Å². The first kappa shape index (κ1) is 32.8. The number of aromatic hydroxyl groups is 1. The highest BCUT2D eigenvalue weighted by molar-refractivity contribution is 7.46. The molecule has 3 N–H and O–H groups in total. The summed E-state index contributed by atoms with van der Waals surface area (Å²) >= 11 is 0. The molecule has 0 unspecified atom stereocenters. The van der Waals surface area contributed by atoms with Gasteiger partial charge in [0.15, 0.2) is 0 Å². The van der Waals surface area contributed by atoms with Gasteiger partial charge in [-0.15, -0.1) is 0 Å². The largest absolute Gasteiger partial charge is 0.524 e. The van der Waals surface area contributed by atoms with Crippen LogP contribution in [0.3, 0.4) is 0 Å². The fourth-order valence-electron chi connectivity index (χ4n) is 4.08. The van der Waals surface area contributed by atoms with E-state index < -0.39 is 13.2 Å². The van der Waals surface area contributed by atoms with Gasteiger partial charge in [-0.05, 0) is 49.5 Å². The topological polar surface area (TPSA) is 87.0 Å². The minimum Gasteiger partial charge on any atom is -0.507 e. The van der Waals surface area contributed by atoms with E-state index in [0.29, 0.717) is 11.1 Å². The van der Waals surface area contributed by atoms with Crippen LogP contribution < -0.4 is 4.52 Å². The highest BCUT2D eigenvalue weighted by Gasteiger charge is 2.31. The Labute approximate surface area is 229 Å². The van der Waals surface area contributed by atoms with Gasteiger partial charge in [0.25, 0.3) is 0 Å². The predicted molar refractivity (Wildman–Crippen MR) is 151 cm³/mol. The molecule has 0 atom stereocenters. The Morgan fingerprint density at radius 1 is 0.667 bits per heavy atom. The van der Waals surface area contributed by atoms with E-state index in [9.17, 15) is 19.5 Å². The molecule has 2 rings (SSSR count). The molecule has 199 valence electrons. The lowest BCUT2D eigenvalue weighted by Gasteiger charge is -2.30. The Morgan fingerprint density at radius 2 is 1.06 bits per heavy atom. The fraction of sp³-hybridized carbons (Fsp3) is 0.586. The number of rotatable bonds is 4. The van der Waals surface area contributed by atoms with Gasteiger partial charge in [-0.3, -0.25) is 9.79 Å². The van der Waals surface area contributed by atoms with Gasteiger partial charge in [-0.1, -0.05) is 107 Å². The molecule has 0 aliphatic carbocycles. The maximum absolute atomic E-state index is 12.0. The number of benzene rings is 2. The van der Waals surface area contributed by atoms with Crippen molar-refractivity contribution in [2.24, 2.45) is 0 Å². The van der Waals surface area contributed by atoms with Crippen molar-refractivity contribution in [3.63, 3.8) is 0 Å². The number of phosphoric ester groups is 1. The summed E-state index contributed by atoms with van der Waals surface area (Å²) in [5, 5.41) is 11.4. The van der Waals surface area contributed by atoms with Gasteiger partial charge in [0.1, 0.15) is 11.5 Å². The lowest BCUT2D eigenvalue weighted by atomic mass is 9.76. The van der Waals surface area contributed by atoms with Gasteiger partial charge in [-0.2, -0.15) is 0 Å². The molecule has 2 aromatic carbocycles. The monoisotopic (exact) mass is 531 g/mol. The summed E-state index contributed by atoms with van der Waals surface area (Å²) in [6, 6.07) is 8.02. The average molecular weight is 532 g/mol. The van der Waals surface area contributed by atoms with E-state index in [-0.39, 0.29) is 51.5 Å². The smallest absolute Gasteiger partial charge is 0.507 e. The van der Waals surface area contributed by atoms with E-state index in [1.807, 2.05) is 39.0 Å². The first-order valence-corrected chi connectivity index (χ1v) is 13.7. The lowest BCUT2D eigenvalue weighted by molar-refractivity contribution is 0.280. The summed E-state index contributed by atoms with van der Waals surface area (Å²) in [6.45, 7) is 24.9. The molecule has 0 aliphatic heterocycles. The van der Waals surface area contributed by atoms with Crippen LogP contribution in [0.4, 0.5) is 0 Å². The Balaban J connectivity index is 0.00000648. The van der Waals surface area contributed by atoms with Gasteiger partial charge >= 0.3 is 7.82 Å². The molecule has 0 heterocycles. The molecule has 5 nitrogen and oxygen atoms in total. The van der Waals surface area contributed by atoms with Crippen molar-refractivity contribution in [3.8, 4) is 11.5 Å². The average Bonchev–Trinajstić information content (AvgIpc) is 2.59. The van der Waals surface area contributed by atoms with Crippen molar-refractivity contribution in [2.45, 2.75) is 111 Å². The predicted octanol–water partition coefficient (Wildman–Crippen LogP) is 7.26. The van der Waals surface area contributed by atoms with E-state index in [2.05, 4.69) is 68.4 Å². The Morgan fingerprint density at radius 3 is 1.42 bits per heavy atom. The summed E-state index contributed by atoms with van der Waals surface area (Å²) in [5.41, 5.74) is 4.02. The molecule has 36 heavy (non-hydrogen) atoms. The molecule has 0 spiro atoms. The molecule has 3 radical (unpaired) electrons. The quantitative estimate of drug-likeness (QED) is 0.285. The Bertz CT molecular complexity index is 1140. The maximum Gasteiger partial charge on any atom is 0.524 e. The molecule has 0 amide bonds. The molecule has 0 bridgehead atoms. The Hall–Kier alpha value is -1.28. The third-order valence-corrected chi connectivity index (χ3v) is 6.71. The van der Waals surface area contributed by atoms with E-state index >= 15 is 0 Å². The van der Waals surface area contributed by atoms with Crippen LogP contribution in [0.15, 0.2) is 24.3 Å². The summed E-state index contributed by atoms with van der Waals surface area (Å²) < 4.78 is 17.4. The van der Waals surface area contributed by atoms with Crippen molar-refractivity contribution >= 4 is 25.2 Å². The highest BCUT2D eigenvalue weighted by Crippen LogP contribution is 2.47. The Kier molecular flexibility index (Phi) is 9.53. The standard InChI is InChI=1S/C29H45O5P.Al/c1-26(2,3)20-14-18(24(30)22(16-20)28(7,8)9)13-19-15-21(27(4,5)6)17-23(29(10,11)12)25(19)34-35(31,32)33;/h14-17,30H,13H2,1-12H3,(H2,31,32,33);. The van der Waals surface area contributed by atoms with Crippen LogP contribution in [0, 0.1) is 0 Å². The number of hydrogen-bond donors (Lipinski definition) is 3. The van der Waals surface area contributed by atoms with Gasteiger partial charge in [0, 0.05) is 29.3 Å². The number of phosphoric acid groups is 1. The summed E-state index contributed by atoms with van der Waals surface area (Å²) in [7, 11) is -4.82. The molecule has 0 aliphatic rings. The van der Waals surface area contributed by atoms with Crippen molar-refractivity contribution in [1.82, 2.24) is 0 Å². The van der Waals surface area contributed by atoms with Gasteiger partial charge < -0.3 is 9.63 Å². The van der Waals surface area contributed by atoms with Gasteiger partial charge in [-0.25, -0.2) is 4.57 Å². The van der Waals surface area contributed by atoms with Crippen LogP contribution in [0.1, 0.15) is 116 Å². The first-order valence-electron chi connectivity index (χ1n) is 12.2. The van der Waals surface area contributed by atoms with Crippen LogP contribution in [0.5, 0.6) is 11.5 Å². The summed E-state index contributed by atoms with van der Waals surface area (Å²) in [6.07, 6.45) is 0.279. The van der Waals surface area contributed by atoms with E-state index in [1.54, 1.807) is 0 Å². The molecule has 0 saturated heterocycles. The minimum absolute atomic E-state index is 0. The first-order chi connectivity index (χ1) is 15.4. The van der Waals surface area contributed by atoms with Crippen LogP contribution in [0.25, 0.3) is 0 Å². The summed E-state index contributed by atoms with van der Waals surface area (Å²) in [4.78, 5) is 19.6. The van der Waals surface area contributed by atoms with E-state index in [0.717, 1.165) is 22.3 Å². The van der Waals surface area contributed by atoms with Crippen molar-refractivity contribution in [2.75, 3.05) is 0 Å². The molecule has 2 aromatic rings. The highest BCUT2D eigenvalue weighted by atomic mass is 31.2. The van der Waals surface area contributed by atoms with Crippen molar-refractivity contribution in [3.05, 3.63) is 57.6 Å². The third kappa shape index (κ3) is 8.11. The SMILES string of the molecule is CC(C)(C)c1cc(Cc2cc(C(C)(C)C)cc(C(C)(C)C)c2OP(=O)(O)O)c(O)c(C(C)(C)C)c1.[Al]. The second kappa shape index (κ2) is 10.5. The second-order valence-electron chi connectivity index (χ2n) is 13.8. The zero-order valence-electron chi connectivity index (χ0n) is 24.2. The van der Waals surface area contributed by atoms with E-state index in [1.165, 1.54) is 0 Å².